The Bertz CT molecular complexity index is 558. The first-order valence-electron chi connectivity index (χ1n) is 9.15. The molecule has 1 aliphatic rings. The molecule has 0 aromatic heterocycles. The van der Waals surface area contributed by atoms with Crippen molar-refractivity contribution in [1.82, 2.24) is 15.5 Å². The highest BCUT2D eigenvalue weighted by atomic mass is 19.1. The quantitative estimate of drug-likeness (QED) is 0.584. The lowest BCUT2D eigenvalue weighted by Gasteiger charge is -2.29. The molecule has 0 saturated carbocycles. The Morgan fingerprint density at radius 2 is 2.08 bits per heavy atom. The standard InChI is InChI=1S/C19H31FN4O/c1-4-21-19(23-13-17-6-5-16(3)18(20)11-17)22-12-15(2)14-24-7-9-25-10-8-24/h5-6,11,15H,4,7-10,12-14H2,1-3H3,(H2,21,22,23). The van der Waals surface area contributed by atoms with E-state index in [-0.39, 0.29) is 5.82 Å². The molecular formula is C19H31FN4O. The summed E-state index contributed by atoms with van der Waals surface area (Å²) in [5.74, 6) is 1.11. The van der Waals surface area contributed by atoms with Gasteiger partial charge in [0, 0.05) is 32.7 Å². The third-order valence-electron chi connectivity index (χ3n) is 4.29. The van der Waals surface area contributed by atoms with E-state index in [1.165, 1.54) is 0 Å². The van der Waals surface area contributed by atoms with Crippen LogP contribution in [0.2, 0.25) is 0 Å². The molecule has 0 aliphatic carbocycles. The van der Waals surface area contributed by atoms with Crippen LogP contribution in [-0.2, 0) is 11.3 Å². The molecule has 1 heterocycles. The highest BCUT2D eigenvalue weighted by molar-refractivity contribution is 5.79. The minimum atomic E-state index is -0.176. The van der Waals surface area contributed by atoms with Gasteiger partial charge < -0.3 is 15.4 Å². The number of hydrogen-bond donors (Lipinski definition) is 2. The number of rotatable bonds is 7. The van der Waals surface area contributed by atoms with E-state index in [9.17, 15) is 4.39 Å². The molecule has 0 spiro atoms. The average Bonchev–Trinajstić information content (AvgIpc) is 2.61. The second-order valence-corrected chi connectivity index (χ2v) is 6.68. The van der Waals surface area contributed by atoms with Crippen molar-refractivity contribution in [1.29, 1.82) is 0 Å². The van der Waals surface area contributed by atoms with Crippen LogP contribution in [0.25, 0.3) is 0 Å². The first-order chi connectivity index (χ1) is 12.1. The van der Waals surface area contributed by atoms with Gasteiger partial charge in [0.25, 0.3) is 0 Å². The van der Waals surface area contributed by atoms with Crippen molar-refractivity contribution in [3.8, 4) is 0 Å². The van der Waals surface area contributed by atoms with Crippen molar-refractivity contribution in [2.75, 3.05) is 45.9 Å². The van der Waals surface area contributed by atoms with E-state index in [2.05, 4.69) is 27.4 Å². The SMILES string of the molecule is CCNC(=NCc1ccc(C)c(F)c1)NCC(C)CN1CCOCC1. The van der Waals surface area contributed by atoms with E-state index in [1.807, 2.05) is 13.0 Å². The molecule has 5 nitrogen and oxygen atoms in total. The van der Waals surface area contributed by atoms with Crippen LogP contribution in [0.3, 0.4) is 0 Å². The number of guanidine groups is 1. The van der Waals surface area contributed by atoms with Crippen molar-refractivity contribution in [3.05, 3.63) is 35.1 Å². The summed E-state index contributed by atoms with van der Waals surface area (Å²) in [6.45, 7) is 12.9. The van der Waals surface area contributed by atoms with Crippen LogP contribution in [0.1, 0.15) is 25.0 Å². The van der Waals surface area contributed by atoms with Gasteiger partial charge in [-0.1, -0.05) is 19.1 Å². The van der Waals surface area contributed by atoms with E-state index in [0.29, 0.717) is 18.0 Å². The molecule has 2 N–H and O–H groups in total. The predicted octanol–water partition coefficient (Wildman–Crippen LogP) is 2.16. The largest absolute Gasteiger partial charge is 0.379 e. The molecule has 0 bridgehead atoms. The van der Waals surface area contributed by atoms with Gasteiger partial charge >= 0.3 is 0 Å². The summed E-state index contributed by atoms with van der Waals surface area (Å²) in [5.41, 5.74) is 1.54. The molecule has 1 aliphatic heterocycles. The topological polar surface area (TPSA) is 48.9 Å². The van der Waals surface area contributed by atoms with E-state index in [1.54, 1.807) is 19.1 Å². The number of nitrogens with one attached hydrogen (secondary N) is 2. The summed E-state index contributed by atoms with van der Waals surface area (Å²) in [7, 11) is 0. The Morgan fingerprint density at radius 1 is 1.32 bits per heavy atom. The maximum Gasteiger partial charge on any atom is 0.191 e. The lowest BCUT2D eigenvalue weighted by molar-refractivity contribution is 0.0320. The lowest BCUT2D eigenvalue weighted by atomic mass is 10.1. The number of halogens is 1. The van der Waals surface area contributed by atoms with Crippen LogP contribution in [0.15, 0.2) is 23.2 Å². The fourth-order valence-electron chi connectivity index (χ4n) is 2.81. The molecular weight excluding hydrogens is 319 g/mol. The van der Waals surface area contributed by atoms with Crippen molar-refractivity contribution in [2.24, 2.45) is 10.9 Å². The average molecular weight is 350 g/mol. The number of aliphatic imine (C=N–C) groups is 1. The van der Waals surface area contributed by atoms with E-state index in [4.69, 9.17) is 4.74 Å². The molecule has 25 heavy (non-hydrogen) atoms. The van der Waals surface area contributed by atoms with Gasteiger partial charge in [0.05, 0.1) is 19.8 Å². The molecule has 1 saturated heterocycles. The van der Waals surface area contributed by atoms with Crippen LogP contribution in [0, 0.1) is 18.7 Å². The van der Waals surface area contributed by atoms with Crippen LogP contribution in [0.4, 0.5) is 4.39 Å². The lowest BCUT2D eigenvalue weighted by Crippen LogP contribution is -2.44. The molecule has 140 valence electrons. The molecule has 1 fully saturated rings. The number of benzene rings is 1. The van der Waals surface area contributed by atoms with Crippen LogP contribution in [-0.4, -0.2) is 56.8 Å². The number of aryl methyl sites for hydroxylation is 1. The van der Waals surface area contributed by atoms with Crippen molar-refractivity contribution >= 4 is 5.96 Å². The summed E-state index contributed by atoms with van der Waals surface area (Å²) in [4.78, 5) is 7.01. The number of morpholine rings is 1. The zero-order chi connectivity index (χ0) is 18.1. The molecule has 0 amide bonds. The van der Waals surface area contributed by atoms with E-state index < -0.39 is 0 Å². The summed E-state index contributed by atoms with van der Waals surface area (Å²) >= 11 is 0. The van der Waals surface area contributed by atoms with Gasteiger partial charge in [-0.15, -0.1) is 0 Å². The highest BCUT2D eigenvalue weighted by Gasteiger charge is 2.13. The number of nitrogens with zero attached hydrogens (tertiary/aromatic N) is 2. The summed E-state index contributed by atoms with van der Waals surface area (Å²) in [6.07, 6.45) is 0. The molecule has 1 aromatic carbocycles. The molecule has 1 aromatic rings. The van der Waals surface area contributed by atoms with Gasteiger partial charge in [-0.25, -0.2) is 9.38 Å². The fourth-order valence-corrected chi connectivity index (χ4v) is 2.81. The molecule has 1 unspecified atom stereocenters. The Kier molecular flexibility index (Phi) is 8.15. The Morgan fingerprint density at radius 3 is 2.76 bits per heavy atom. The zero-order valence-corrected chi connectivity index (χ0v) is 15.6. The summed E-state index contributed by atoms with van der Waals surface area (Å²) in [6, 6.07) is 5.28. The highest BCUT2D eigenvalue weighted by Crippen LogP contribution is 2.10. The molecule has 2 rings (SSSR count). The zero-order valence-electron chi connectivity index (χ0n) is 15.6. The van der Waals surface area contributed by atoms with E-state index in [0.717, 1.165) is 57.5 Å². The third kappa shape index (κ3) is 7.00. The van der Waals surface area contributed by atoms with Gasteiger partial charge in [0.15, 0.2) is 5.96 Å². The van der Waals surface area contributed by atoms with Crippen LogP contribution >= 0.6 is 0 Å². The van der Waals surface area contributed by atoms with Gasteiger partial charge in [0.1, 0.15) is 5.82 Å². The van der Waals surface area contributed by atoms with Crippen molar-refractivity contribution in [2.45, 2.75) is 27.3 Å². The van der Waals surface area contributed by atoms with Gasteiger partial charge in [-0.3, -0.25) is 4.90 Å². The second-order valence-electron chi connectivity index (χ2n) is 6.68. The minimum Gasteiger partial charge on any atom is -0.379 e. The van der Waals surface area contributed by atoms with Crippen LogP contribution in [0.5, 0.6) is 0 Å². The second kappa shape index (κ2) is 10.4. The number of ether oxygens (including phenoxy) is 1. The molecule has 6 heteroatoms. The minimum absolute atomic E-state index is 0.176. The van der Waals surface area contributed by atoms with Crippen molar-refractivity contribution in [3.63, 3.8) is 0 Å². The van der Waals surface area contributed by atoms with Gasteiger partial charge in [0.2, 0.25) is 0 Å². The Labute approximate surface area is 150 Å². The normalized spacial score (nSPS) is 17.4. The molecule has 0 radical (unpaired) electrons. The summed E-state index contributed by atoms with van der Waals surface area (Å²) < 4.78 is 19.0. The first kappa shape index (κ1) is 19.7. The Hall–Kier alpha value is -1.66. The first-order valence-corrected chi connectivity index (χ1v) is 9.15. The molecule has 1 atom stereocenters. The van der Waals surface area contributed by atoms with Gasteiger partial charge in [-0.05, 0) is 37.0 Å². The van der Waals surface area contributed by atoms with E-state index >= 15 is 0 Å². The maximum absolute atomic E-state index is 13.6. The third-order valence-corrected chi connectivity index (χ3v) is 4.29. The summed E-state index contributed by atoms with van der Waals surface area (Å²) in [5, 5.41) is 6.64. The smallest absolute Gasteiger partial charge is 0.191 e. The van der Waals surface area contributed by atoms with Crippen molar-refractivity contribution < 1.29 is 9.13 Å². The van der Waals surface area contributed by atoms with Crippen LogP contribution < -0.4 is 10.6 Å². The fraction of sp³-hybridized carbons (Fsp3) is 0.632. The number of hydrogen-bond acceptors (Lipinski definition) is 3. The Balaban J connectivity index is 1.82. The van der Waals surface area contributed by atoms with Gasteiger partial charge in [-0.2, -0.15) is 0 Å². The monoisotopic (exact) mass is 350 g/mol. The maximum atomic E-state index is 13.6. The predicted molar refractivity (Wildman–Crippen MR) is 100 cm³/mol.